The van der Waals surface area contributed by atoms with Crippen LogP contribution in [0.15, 0.2) is 57.8 Å². The first-order valence-electron chi connectivity index (χ1n) is 5.14. The van der Waals surface area contributed by atoms with Gasteiger partial charge in [-0.25, -0.2) is 4.98 Å². The number of fused-ring (bicyclic) bond motifs is 1. The summed E-state index contributed by atoms with van der Waals surface area (Å²) in [6, 6.07) is 15.4. The molecule has 0 spiro atoms. The fraction of sp³-hybridized carbons (Fsp3) is 0. The second-order valence-electron chi connectivity index (χ2n) is 3.52. The molecule has 0 unspecified atom stereocenters. The minimum absolute atomic E-state index is 0.303. The van der Waals surface area contributed by atoms with Gasteiger partial charge in [0.05, 0.1) is 15.1 Å². The number of hydrogen-bond acceptors (Lipinski definition) is 4. The molecule has 0 atom stereocenters. The first-order chi connectivity index (χ1) is 8.33. The van der Waals surface area contributed by atoms with Crippen LogP contribution in [0.1, 0.15) is 0 Å². The number of para-hydroxylation sites is 2. The number of benzene rings is 2. The summed E-state index contributed by atoms with van der Waals surface area (Å²) in [6.45, 7) is 0. The molecule has 0 aliphatic heterocycles. The van der Waals surface area contributed by atoms with Crippen LogP contribution in [0.2, 0.25) is 0 Å². The number of hydrogen-bond donors (Lipinski definition) is 1. The van der Waals surface area contributed by atoms with Crippen molar-refractivity contribution in [3.8, 4) is 5.75 Å². The molecular formula is C13H9NOS2. The summed E-state index contributed by atoms with van der Waals surface area (Å²) in [5.74, 6) is 0.303. The monoisotopic (exact) mass is 259 g/mol. The molecule has 3 rings (SSSR count). The third-order valence-corrected chi connectivity index (χ3v) is 4.50. The number of thiazole rings is 1. The summed E-state index contributed by atoms with van der Waals surface area (Å²) >= 11 is 3.14. The Hall–Kier alpha value is -1.52. The third kappa shape index (κ3) is 2.14. The molecule has 0 amide bonds. The standard InChI is InChI=1S/C13H9NOS2/c15-10-6-2-4-8-12(10)17-13-14-9-5-1-3-7-11(9)16-13/h1-8,15H. The van der Waals surface area contributed by atoms with E-state index in [1.54, 1.807) is 17.4 Å². The lowest BCUT2D eigenvalue weighted by Gasteiger charge is -1.99. The van der Waals surface area contributed by atoms with E-state index in [1.165, 1.54) is 16.5 Å². The minimum atomic E-state index is 0.303. The number of phenolic OH excluding ortho intramolecular Hbond substituents is 1. The maximum Gasteiger partial charge on any atom is 0.156 e. The zero-order valence-corrected chi connectivity index (χ0v) is 10.5. The first kappa shape index (κ1) is 10.6. The molecule has 2 aromatic carbocycles. The van der Waals surface area contributed by atoms with Crippen molar-refractivity contribution in [2.45, 2.75) is 9.24 Å². The highest BCUT2D eigenvalue weighted by Gasteiger charge is 2.07. The number of nitrogens with zero attached hydrogens (tertiary/aromatic N) is 1. The van der Waals surface area contributed by atoms with E-state index < -0.39 is 0 Å². The predicted molar refractivity (Wildman–Crippen MR) is 71.8 cm³/mol. The molecule has 1 aromatic heterocycles. The average molecular weight is 259 g/mol. The quantitative estimate of drug-likeness (QED) is 0.750. The zero-order valence-electron chi connectivity index (χ0n) is 8.83. The maximum atomic E-state index is 9.70. The van der Waals surface area contributed by atoms with Crippen LogP contribution in [0.4, 0.5) is 0 Å². The number of rotatable bonds is 2. The Morgan fingerprint density at radius 3 is 2.59 bits per heavy atom. The Bertz CT molecular complexity index is 630. The second-order valence-corrected chi connectivity index (χ2v) is 5.84. The van der Waals surface area contributed by atoms with E-state index in [-0.39, 0.29) is 0 Å². The van der Waals surface area contributed by atoms with Gasteiger partial charge in [0.25, 0.3) is 0 Å². The Morgan fingerprint density at radius 1 is 1.00 bits per heavy atom. The molecule has 3 aromatic rings. The third-order valence-electron chi connectivity index (χ3n) is 2.34. The first-order valence-corrected chi connectivity index (χ1v) is 6.78. The van der Waals surface area contributed by atoms with Crippen LogP contribution in [0.3, 0.4) is 0 Å². The number of aromatic nitrogens is 1. The minimum Gasteiger partial charge on any atom is -0.507 e. The smallest absolute Gasteiger partial charge is 0.156 e. The molecule has 17 heavy (non-hydrogen) atoms. The van der Waals surface area contributed by atoms with Gasteiger partial charge in [-0.2, -0.15) is 0 Å². The second kappa shape index (κ2) is 4.39. The molecule has 0 bridgehead atoms. The van der Waals surface area contributed by atoms with Gasteiger partial charge >= 0.3 is 0 Å². The van der Waals surface area contributed by atoms with Crippen molar-refractivity contribution in [2.24, 2.45) is 0 Å². The molecule has 0 saturated heterocycles. The summed E-state index contributed by atoms with van der Waals surface area (Å²) in [5, 5.41) is 9.70. The van der Waals surface area contributed by atoms with Gasteiger partial charge < -0.3 is 5.11 Å². The van der Waals surface area contributed by atoms with Crippen molar-refractivity contribution in [1.82, 2.24) is 4.98 Å². The van der Waals surface area contributed by atoms with Gasteiger partial charge in [0, 0.05) is 0 Å². The van der Waals surface area contributed by atoms with Crippen LogP contribution in [0.25, 0.3) is 10.2 Å². The summed E-state index contributed by atoms with van der Waals surface area (Å²) in [5.41, 5.74) is 1.01. The van der Waals surface area contributed by atoms with Gasteiger partial charge in [-0.3, -0.25) is 0 Å². The van der Waals surface area contributed by atoms with E-state index in [0.717, 1.165) is 14.8 Å². The molecule has 0 aliphatic rings. The summed E-state index contributed by atoms with van der Waals surface area (Å²) in [4.78, 5) is 5.36. The lowest BCUT2D eigenvalue weighted by atomic mass is 10.3. The number of phenols is 1. The van der Waals surface area contributed by atoms with Crippen LogP contribution >= 0.6 is 23.1 Å². The van der Waals surface area contributed by atoms with Crippen LogP contribution in [-0.2, 0) is 0 Å². The highest BCUT2D eigenvalue weighted by Crippen LogP contribution is 2.37. The molecule has 2 nitrogen and oxygen atoms in total. The van der Waals surface area contributed by atoms with Crippen molar-refractivity contribution in [1.29, 1.82) is 0 Å². The van der Waals surface area contributed by atoms with Crippen molar-refractivity contribution in [2.75, 3.05) is 0 Å². The molecular weight excluding hydrogens is 250 g/mol. The molecule has 0 aliphatic carbocycles. The summed E-state index contributed by atoms with van der Waals surface area (Å²) in [6.07, 6.45) is 0. The summed E-state index contributed by atoms with van der Waals surface area (Å²) < 4.78 is 2.12. The lowest BCUT2D eigenvalue weighted by molar-refractivity contribution is 0.462. The SMILES string of the molecule is Oc1ccccc1Sc1nc2ccccc2s1. The van der Waals surface area contributed by atoms with E-state index in [2.05, 4.69) is 11.1 Å². The van der Waals surface area contributed by atoms with Gasteiger partial charge in [0.2, 0.25) is 0 Å². The van der Waals surface area contributed by atoms with Gasteiger partial charge in [0.1, 0.15) is 5.75 Å². The topological polar surface area (TPSA) is 33.1 Å². The molecule has 0 fully saturated rings. The number of aromatic hydroxyl groups is 1. The molecule has 1 N–H and O–H groups in total. The van der Waals surface area contributed by atoms with Crippen molar-refractivity contribution in [3.63, 3.8) is 0 Å². The van der Waals surface area contributed by atoms with Gasteiger partial charge in [0.15, 0.2) is 4.34 Å². The van der Waals surface area contributed by atoms with E-state index >= 15 is 0 Å². The molecule has 0 saturated carbocycles. The highest BCUT2D eigenvalue weighted by atomic mass is 32.2. The Morgan fingerprint density at radius 2 is 1.76 bits per heavy atom. The van der Waals surface area contributed by atoms with Crippen LogP contribution in [0, 0.1) is 0 Å². The van der Waals surface area contributed by atoms with Gasteiger partial charge in [-0.15, -0.1) is 11.3 Å². The Kier molecular flexibility index (Phi) is 2.74. The van der Waals surface area contributed by atoms with E-state index in [0.29, 0.717) is 5.75 Å². The van der Waals surface area contributed by atoms with E-state index in [1.807, 2.05) is 36.4 Å². The predicted octanol–water partition coefficient (Wildman–Crippen LogP) is 4.15. The maximum absolute atomic E-state index is 9.70. The summed E-state index contributed by atoms with van der Waals surface area (Å²) in [7, 11) is 0. The molecule has 0 radical (unpaired) electrons. The van der Waals surface area contributed by atoms with Gasteiger partial charge in [-0.05, 0) is 24.3 Å². The fourth-order valence-electron chi connectivity index (χ4n) is 1.53. The molecule has 84 valence electrons. The Balaban J connectivity index is 1.98. The van der Waals surface area contributed by atoms with Crippen molar-refractivity contribution in [3.05, 3.63) is 48.5 Å². The highest BCUT2D eigenvalue weighted by molar-refractivity contribution is 8.01. The van der Waals surface area contributed by atoms with Crippen LogP contribution in [-0.4, -0.2) is 10.1 Å². The van der Waals surface area contributed by atoms with E-state index in [9.17, 15) is 5.11 Å². The van der Waals surface area contributed by atoms with Crippen molar-refractivity contribution >= 4 is 33.3 Å². The normalized spacial score (nSPS) is 10.8. The van der Waals surface area contributed by atoms with Crippen LogP contribution in [0.5, 0.6) is 5.75 Å². The average Bonchev–Trinajstić information content (AvgIpc) is 2.74. The zero-order chi connectivity index (χ0) is 11.7. The van der Waals surface area contributed by atoms with Gasteiger partial charge in [-0.1, -0.05) is 36.0 Å². The largest absolute Gasteiger partial charge is 0.507 e. The lowest BCUT2D eigenvalue weighted by Crippen LogP contribution is -1.73. The molecule has 1 heterocycles. The van der Waals surface area contributed by atoms with E-state index in [4.69, 9.17) is 0 Å². The molecule has 4 heteroatoms. The Labute approximate surface area is 107 Å². The fourth-order valence-corrected chi connectivity index (χ4v) is 3.59. The van der Waals surface area contributed by atoms with Crippen molar-refractivity contribution < 1.29 is 5.11 Å². The van der Waals surface area contributed by atoms with Crippen LogP contribution < -0.4 is 0 Å².